The number of hydrogen-bond acceptors (Lipinski definition) is 3. The average Bonchev–Trinajstić information content (AvgIpc) is 2.55. The highest BCUT2D eigenvalue weighted by Gasteiger charge is 2.26. The van der Waals surface area contributed by atoms with Gasteiger partial charge in [-0.1, -0.05) is 60.7 Å². The van der Waals surface area contributed by atoms with E-state index in [0.29, 0.717) is 0 Å². The molecule has 0 aliphatic rings. The third kappa shape index (κ3) is 5.23. The molecule has 0 saturated carbocycles. The molecular formula is C18H19NO4. The topological polar surface area (TPSA) is 86.6 Å². The van der Waals surface area contributed by atoms with Crippen molar-refractivity contribution in [2.24, 2.45) is 0 Å². The fourth-order valence-corrected chi connectivity index (χ4v) is 2.38. The standard InChI is InChI=1S/C18H19NO4/c20-17(21)15(11-13-7-3-1-4-8-13)19-16(18(22)23)12-14-9-5-2-6-10-14/h1-10,15-16,19H,11-12H2,(H,20,21)(H,22,23)/t15-,16-/m0/s1. The Morgan fingerprint density at radius 1 is 0.739 bits per heavy atom. The highest BCUT2D eigenvalue weighted by molar-refractivity contribution is 5.78. The van der Waals surface area contributed by atoms with E-state index in [2.05, 4.69) is 5.32 Å². The van der Waals surface area contributed by atoms with Crippen LogP contribution in [0.4, 0.5) is 0 Å². The molecule has 2 atom stereocenters. The van der Waals surface area contributed by atoms with Crippen LogP contribution < -0.4 is 5.32 Å². The summed E-state index contributed by atoms with van der Waals surface area (Å²) in [4.78, 5) is 22.9. The van der Waals surface area contributed by atoms with E-state index in [1.165, 1.54) is 0 Å². The van der Waals surface area contributed by atoms with Crippen molar-refractivity contribution in [3.05, 3.63) is 71.8 Å². The first-order chi connectivity index (χ1) is 11.1. The number of benzene rings is 2. The quantitative estimate of drug-likeness (QED) is 0.693. The van der Waals surface area contributed by atoms with Crippen molar-refractivity contribution in [3.63, 3.8) is 0 Å². The second kappa shape index (κ2) is 8.10. The summed E-state index contributed by atoms with van der Waals surface area (Å²) in [5.74, 6) is -2.12. The van der Waals surface area contributed by atoms with Crippen LogP contribution in [-0.2, 0) is 22.4 Å². The maximum Gasteiger partial charge on any atom is 0.321 e. The van der Waals surface area contributed by atoms with Gasteiger partial charge < -0.3 is 10.2 Å². The van der Waals surface area contributed by atoms with E-state index >= 15 is 0 Å². The van der Waals surface area contributed by atoms with Gasteiger partial charge in [0, 0.05) is 0 Å². The van der Waals surface area contributed by atoms with E-state index in [4.69, 9.17) is 0 Å². The third-order valence-electron chi connectivity index (χ3n) is 3.56. The molecule has 5 heteroatoms. The maximum absolute atomic E-state index is 11.5. The van der Waals surface area contributed by atoms with Crippen molar-refractivity contribution in [2.45, 2.75) is 24.9 Å². The number of rotatable bonds is 8. The lowest BCUT2D eigenvalue weighted by Crippen LogP contribution is -2.49. The Morgan fingerprint density at radius 2 is 1.09 bits per heavy atom. The summed E-state index contributed by atoms with van der Waals surface area (Å²) in [6.45, 7) is 0. The van der Waals surface area contributed by atoms with Gasteiger partial charge in [-0.15, -0.1) is 0 Å². The fourth-order valence-electron chi connectivity index (χ4n) is 2.38. The minimum Gasteiger partial charge on any atom is -0.480 e. The molecule has 2 aromatic carbocycles. The number of carboxylic acid groups (broad SMARTS) is 2. The zero-order valence-electron chi connectivity index (χ0n) is 12.6. The van der Waals surface area contributed by atoms with Gasteiger partial charge in [-0.05, 0) is 24.0 Å². The van der Waals surface area contributed by atoms with Crippen molar-refractivity contribution >= 4 is 11.9 Å². The summed E-state index contributed by atoms with van der Waals surface area (Å²) in [6, 6.07) is 16.4. The molecule has 23 heavy (non-hydrogen) atoms. The molecule has 2 rings (SSSR count). The van der Waals surface area contributed by atoms with E-state index in [9.17, 15) is 19.8 Å². The molecule has 0 fully saturated rings. The van der Waals surface area contributed by atoms with Crippen LogP contribution in [0.5, 0.6) is 0 Å². The van der Waals surface area contributed by atoms with Gasteiger partial charge in [-0.2, -0.15) is 0 Å². The summed E-state index contributed by atoms with van der Waals surface area (Å²) in [5, 5.41) is 21.5. The number of hydrogen-bond donors (Lipinski definition) is 3. The van der Waals surface area contributed by atoms with Crippen molar-refractivity contribution in [1.82, 2.24) is 5.32 Å². The molecule has 0 unspecified atom stereocenters. The molecule has 0 saturated heterocycles. The zero-order chi connectivity index (χ0) is 16.7. The van der Waals surface area contributed by atoms with E-state index in [0.717, 1.165) is 11.1 Å². The molecule has 5 nitrogen and oxygen atoms in total. The van der Waals surface area contributed by atoms with Crippen LogP contribution in [0.2, 0.25) is 0 Å². The predicted octanol–water partition coefficient (Wildman–Crippen LogP) is 1.97. The lowest BCUT2D eigenvalue weighted by Gasteiger charge is -2.20. The lowest BCUT2D eigenvalue weighted by molar-refractivity contribution is -0.142. The van der Waals surface area contributed by atoms with E-state index in [1.54, 1.807) is 0 Å². The smallest absolute Gasteiger partial charge is 0.321 e. The Hall–Kier alpha value is -2.66. The fraction of sp³-hybridized carbons (Fsp3) is 0.222. The van der Waals surface area contributed by atoms with Crippen LogP contribution >= 0.6 is 0 Å². The Bertz CT molecular complexity index is 585. The normalized spacial score (nSPS) is 13.2. The van der Waals surface area contributed by atoms with Crippen LogP contribution in [0.3, 0.4) is 0 Å². The van der Waals surface area contributed by atoms with Gasteiger partial charge in [-0.3, -0.25) is 14.9 Å². The van der Waals surface area contributed by atoms with Crippen LogP contribution in [0.1, 0.15) is 11.1 Å². The summed E-state index contributed by atoms with van der Waals surface area (Å²) in [6.07, 6.45) is 0.462. The van der Waals surface area contributed by atoms with E-state index in [1.807, 2.05) is 60.7 Å². The maximum atomic E-state index is 11.5. The molecule has 0 heterocycles. The molecular weight excluding hydrogens is 294 g/mol. The molecule has 0 aromatic heterocycles. The zero-order valence-corrected chi connectivity index (χ0v) is 12.6. The Labute approximate surface area is 134 Å². The number of nitrogens with one attached hydrogen (secondary N) is 1. The number of carbonyl (C=O) groups is 2. The molecule has 0 aliphatic carbocycles. The van der Waals surface area contributed by atoms with Gasteiger partial charge in [-0.25, -0.2) is 0 Å². The minimum atomic E-state index is -1.06. The van der Waals surface area contributed by atoms with Gasteiger partial charge in [0.1, 0.15) is 12.1 Å². The Balaban J connectivity index is 2.08. The molecule has 0 aliphatic heterocycles. The SMILES string of the molecule is O=C(O)[C@H](Cc1ccccc1)N[C@@H](Cc1ccccc1)C(=O)O. The van der Waals surface area contributed by atoms with Crippen molar-refractivity contribution < 1.29 is 19.8 Å². The van der Waals surface area contributed by atoms with Crippen molar-refractivity contribution in [1.29, 1.82) is 0 Å². The third-order valence-corrected chi connectivity index (χ3v) is 3.56. The van der Waals surface area contributed by atoms with Gasteiger partial charge in [0.2, 0.25) is 0 Å². The van der Waals surface area contributed by atoms with Crippen LogP contribution in [0, 0.1) is 0 Å². The highest BCUT2D eigenvalue weighted by atomic mass is 16.4. The van der Waals surface area contributed by atoms with Crippen LogP contribution in [0.15, 0.2) is 60.7 Å². The Morgan fingerprint density at radius 3 is 1.39 bits per heavy atom. The lowest BCUT2D eigenvalue weighted by atomic mass is 10.0. The summed E-state index contributed by atoms with van der Waals surface area (Å²) in [5.41, 5.74) is 1.69. The molecule has 120 valence electrons. The minimum absolute atomic E-state index is 0.231. The summed E-state index contributed by atoms with van der Waals surface area (Å²) < 4.78 is 0. The molecule has 0 bridgehead atoms. The van der Waals surface area contributed by atoms with Crippen LogP contribution in [0.25, 0.3) is 0 Å². The number of carboxylic acids is 2. The average molecular weight is 313 g/mol. The van der Waals surface area contributed by atoms with Gasteiger partial charge >= 0.3 is 11.9 Å². The monoisotopic (exact) mass is 313 g/mol. The van der Waals surface area contributed by atoms with Gasteiger partial charge in [0.15, 0.2) is 0 Å². The summed E-state index contributed by atoms with van der Waals surface area (Å²) >= 11 is 0. The van der Waals surface area contributed by atoms with Gasteiger partial charge in [0.25, 0.3) is 0 Å². The molecule has 0 spiro atoms. The van der Waals surface area contributed by atoms with E-state index < -0.39 is 24.0 Å². The first-order valence-electron chi connectivity index (χ1n) is 7.36. The van der Waals surface area contributed by atoms with E-state index in [-0.39, 0.29) is 12.8 Å². The first kappa shape index (κ1) is 16.7. The van der Waals surface area contributed by atoms with Crippen molar-refractivity contribution in [2.75, 3.05) is 0 Å². The predicted molar refractivity (Wildman–Crippen MR) is 86.3 cm³/mol. The number of aliphatic carboxylic acids is 2. The molecule has 0 amide bonds. The molecule has 2 aromatic rings. The Kier molecular flexibility index (Phi) is 5.88. The highest BCUT2D eigenvalue weighted by Crippen LogP contribution is 2.08. The van der Waals surface area contributed by atoms with Crippen LogP contribution in [-0.4, -0.2) is 34.2 Å². The second-order valence-electron chi connectivity index (χ2n) is 5.33. The molecule has 3 N–H and O–H groups in total. The second-order valence-corrected chi connectivity index (χ2v) is 5.33. The first-order valence-corrected chi connectivity index (χ1v) is 7.36. The van der Waals surface area contributed by atoms with Crippen molar-refractivity contribution in [3.8, 4) is 0 Å². The largest absolute Gasteiger partial charge is 0.480 e. The molecule has 0 radical (unpaired) electrons. The van der Waals surface area contributed by atoms with Gasteiger partial charge in [0.05, 0.1) is 0 Å². The summed E-state index contributed by atoms with van der Waals surface area (Å²) in [7, 11) is 0.